The molecule has 0 bridgehead atoms. The fraction of sp³-hybridized carbons (Fsp3) is 0.727. The fourth-order valence-corrected chi connectivity index (χ4v) is 2.46. The summed E-state index contributed by atoms with van der Waals surface area (Å²) < 4.78 is 1.99. The maximum atomic E-state index is 5.97. The van der Waals surface area contributed by atoms with Gasteiger partial charge in [-0.2, -0.15) is 5.10 Å². The Hall–Kier alpha value is -0.830. The van der Waals surface area contributed by atoms with Crippen molar-refractivity contribution in [1.29, 1.82) is 0 Å². The van der Waals surface area contributed by atoms with Crippen molar-refractivity contribution < 1.29 is 0 Å². The van der Waals surface area contributed by atoms with E-state index in [0.717, 1.165) is 13.0 Å². The third-order valence-corrected chi connectivity index (χ3v) is 3.47. The molecule has 3 unspecified atom stereocenters. The highest BCUT2D eigenvalue weighted by Crippen LogP contribution is 2.43. The third-order valence-electron chi connectivity index (χ3n) is 3.47. The van der Waals surface area contributed by atoms with Crippen molar-refractivity contribution in [3.05, 3.63) is 18.0 Å². The Morgan fingerprint density at radius 2 is 2.36 bits per heavy atom. The largest absolute Gasteiger partial charge is 0.327 e. The Balaban J connectivity index is 2.08. The number of hydrogen-bond acceptors (Lipinski definition) is 2. The maximum absolute atomic E-state index is 5.97. The zero-order valence-corrected chi connectivity index (χ0v) is 8.98. The first kappa shape index (κ1) is 9.71. The molecular weight excluding hydrogens is 174 g/mol. The van der Waals surface area contributed by atoms with Gasteiger partial charge in [0.25, 0.3) is 0 Å². The summed E-state index contributed by atoms with van der Waals surface area (Å²) in [6.07, 6.45) is 6.49. The summed E-state index contributed by atoms with van der Waals surface area (Å²) in [5.41, 5.74) is 7.35. The first-order valence-electron chi connectivity index (χ1n) is 5.54. The van der Waals surface area contributed by atoms with Gasteiger partial charge in [0.2, 0.25) is 0 Å². The van der Waals surface area contributed by atoms with Crippen molar-refractivity contribution in [2.75, 3.05) is 0 Å². The predicted molar refractivity (Wildman–Crippen MR) is 57.0 cm³/mol. The minimum Gasteiger partial charge on any atom is -0.327 e. The van der Waals surface area contributed by atoms with E-state index in [2.05, 4.69) is 25.1 Å². The summed E-state index contributed by atoms with van der Waals surface area (Å²) in [7, 11) is 0. The molecule has 1 aromatic heterocycles. The normalized spacial score (nSPS) is 31.5. The van der Waals surface area contributed by atoms with Crippen LogP contribution >= 0.6 is 0 Å². The van der Waals surface area contributed by atoms with Crippen molar-refractivity contribution in [2.45, 2.75) is 45.2 Å². The SMILES string of the molecule is CCC1C(N)CC1c1cnn(CC)c1. The van der Waals surface area contributed by atoms with Crippen LogP contribution in [0.5, 0.6) is 0 Å². The van der Waals surface area contributed by atoms with Gasteiger partial charge in [-0.05, 0) is 30.7 Å². The van der Waals surface area contributed by atoms with Crippen LogP contribution in [0.15, 0.2) is 12.4 Å². The standard InChI is InChI=1S/C11H19N3/c1-3-9-10(5-11(9)12)8-6-13-14(4-2)7-8/h6-7,9-11H,3-5,12H2,1-2H3. The highest BCUT2D eigenvalue weighted by molar-refractivity contribution is 5.19. The second-order valence-electron chi connectivity index (χ2n) is 4.21. The van der Waals surface area contributed by atoms with Crippen molar-refractivity contribution >= 4 is 0 Å². The average molecular weight is 193 g/mol. The maximum Gasteiger partial charge on any atom is 0.0524 e. The van der Waals surface area contributed by atoms with Crippen LogP contribution in [0.3, 0.4) is 0 Å². The van der Waals surface area contributed by atoms with E-state index in [1.807, 2.05) is 10.9 Å². The molecule has 1 heterocycles. The number of nitrogens with two attached hydrogens (primary N) is 1. The molecule has 0 aromatic carbocycles. The Bertz CT molecular complexity index is 305. The van der Waals surface area contributed by atoms with Crippen LogP contribution in [0.25, 0.3) is 0 Å². The van der Waals surface area contributed by atoms with Crippen molar-refractivity contribution in [3.8, 4) is 0 Å². The highest BCUT2D eigenvalue weighted by atomic mass is 15.3. The molecule has 2 rings (SSSR count). The average Bonchev–Trinajstić information content (AvgIpc) is 2.62. The molecular formula is C11H19N3. The van der Waals surface area contributed by atoms with Gasteiger partial charge in [0, 0.05) is 18.8 Å². The summed E-state index contributed by atoms with van der Waals surface area (Å²) in [5, 5.41) is 4.31. The van der Waals surface area contributed by atoms with Crippen molar-refractivity contribution in [2.24, 2.45) is 11.7 Å². The molecule has 78 valence electrons. The molecule has 0 amide bonds. The first-order valence-corrected chi connectivity index (χ1v) is 5.54. The van der Waals surface area contributed by atoms with Crippen LogP contribution in [-0.2, 0) is 6.54 Å². The Labute approximate surface area is 85.3 Å². The number of aryl methyl sites for hydroxylation is 1. The summed E-state index contributed by atoms with van der Waals surface area (Å²) >= 11 is 0. The Morgan fingerprint density at radius 1 is 1.57 bits per heavy atom. The molecule has 1 fully saturated rings. The zero-order chi connectivity index (χ0) is 10.1. The first-order chi connectivity index (χ1) is 6.76. The number of hydrogen-bond donors (Lipinski definition) is 1. The van der Waals surface area contributed by atoms with E-state index in [1.54, 1.807) is 0 Å². The molecule has 2 N–H and O–H groups in total. The van der Waals surface area contributed by atoms with Crippen LogP contribution in [0.1, 0.15) is 38.2 Å². The van der Waals surface area contributed by atoms with Gasteiger partial charge >= 0.3 is 0 Å². The Morgan fingerprint density at radius 3 is 2.86 bits per heavy atom. The molecule has 0 radical (unpaired) electrons. The van der Waals surface area contributed by atoms with Gasteiger partial charge < -0.3 is 5.73 Å². The lowest BCUT2D eigenvalue weighted by Gasteiger charge is -2.42. The van der Waals surface area contributed by atoms with Crippen LogP contribution in [0.2, 0.25) is 0 Å². The summed E-state index contributed by atoms with van der Waals surface area (Å²) in [6.45, 7) is 5.29. The lowest BCUT2D eigenvalue weighted by atomic mass is 9.66. The quantitative estimate of drug-likeness (QED) is 0.794. The summed E-state index contributed by atoms with van der Waals surface area (Å²) in [4.78, 5) is 0. The molecule has 0 spiro atoms. The lowest BCUT2D eigenvalue weighted by Crippen LogP contribution is -2.45. The topological polar surface area (TPSA) is 43.8 Å². The van der Waals surface area contributed by atoms with Gasteiger partial charge in [0.1, 0.15) is 0 Å². The van der Waals surface area contributed by atoms with Crippen molar-refractivity contribution in [3.63, 3.8) is 0 Å². The third kappa shape index (κ3) is 1.46. The molecule has 3 atom stereocenters. The van der Waals surface area contributed by atoms with Gasteiger partial charge in [-0.15, -0.1) is 0 Å². The van der Waals surface area contributed by atoms with Crippen LogP contribution in [0.4, 0.5) is 0 Å². The van der Waals surface area contributed by atoms with Crippen LogP contribution in [-0.4, -0.2) is 15.8 Å². The van der Waals surface area contributed by atoms with Gasteiger partial charge in [-0.25, -0.2) is 0 Å². The monoisotopic (exact) mass is 193 g/mol. The summed E-state index contributed by atoms with van der Waals surface area (Å²) in [5.74, 6) is 1.33. The van der Waals surface area contributed by atoms with E-state index in [4.69, 9.17) is 5.73 Å². The smallest absolute Gasteiger partial charge is 0.0524 e. The molecule has 3 heteroatoms. The zero-order valence-electron chi connectivity index (χ0n) is 8.98. The van der Waals surface area contributed by atoms with E-state index in [9.17, 15) is 0 Å². The van der Waals surface area contributed by atoms with E-state index in [0.29, 0.717) is 17.9 Å². The Kier molecular flexibility index (Phi) is 2.59. The van der Waals surface area contributed by atoms with E-state index >= 15 is 0 Å². The highest BCUT2D eigenvalue weighted by Gasteiger charge is 2.38. The number of rotatable bonds is 3. The molecule has 1 aliphatic rings. The molecule has 0 aliphatic heterocycles. The minimum absolute atomic E-state index is 0.412. The molecule has 0 saturated heterocycles. The molecule has 1 aliphatic carbocycles. The molecule has 1 aromatic rings. The van der Waals surface area contributed by atoms with E-state index < -0.39 is 0 Å². The molecule has 14 heavy (non-hydrogen) atoms. The van der Waals surface area contributed by atoms with Crippen LogP contribution in [0, 0.1) is 5.92 Å². The van der Waals surface area contributed by atoms with Gasteiger partial charge in [-0.3, -0.25) is 4.68 Å². The second kappa shape index (κ2) is 3.73. The van der Waals surface area contributed by atoms with E-state index in [-0.39, 0.29) is 0 Å². The molecule has 1 saturated carbocycles. The van der Waals surface area contributed by atoms with E-state index in [1.165, 1.54) is 12.0 Å². The van der Waals surface area contributed by atoms with Crippen molar-refractivity contribution in [1.82, 2.24) is 9.78 Å². The van der Waals surface area contributed by atoms with Gasteiger partial charge in [-0.1, -0.05) is 13.3 Å². The number of aromatic nitrogens is 2. The molecule has 3 nitrogen and oxygen atoms in total. The van der Waals surface area contributed by atoms with Gasteiger partial charge in [0.15, 0.2) is 0 Å². The predicted octanol–water partition coefficient (Wildman–Crippen LogP) is 1.74. The second-order valence-corrected chi connectivity index (χ2v) is 4.21. The fourth-order valence-electron chi connectivity index (χ4n) is 2.46. The van der Waals surface area contributed by atoms with Crippen LogP contribution < -0.4 is 5.73 Å². The minimum atomic E-state index is 0.412. The number of nitrogens with zero attached hydrogens (tertiary/aromatic N) is 2. The summed E-state index contributed by atoms with van der Waals surface area (Å²) in [6, 6.07) is 0.412. The lowest BCUT2D eigenvalue weighted by molar-refractivity contribution is 0.198. The van der Waals surface area contributed by atoms with Gasteiger partial charge in [0.05, 0.1) is 6.20 Å².